The van der Waals surface area contributed by atoms with Gasteiger partial charge >= 0.3 is 11.9 Å². The molecule has 1 fully saturated rings. The summed E-state index contributed by atoms with van der Waals surface area (Å²) in [7, 11) is 0. The fourth-order valence-electron chi connectivity index (χ4n) is 4.39. The number of carboxylic acid groups (broad SMARTS) is 2. The van der Waals surface area contributed by atoms with E-state index in [-0.39, 0.29) is 25.3 Å². The summed E-state index contributed by atoms with van der Waals surface area (Å²) in [5.74, 6) is -6.63. The van der Waals surface area contributed by atoms with Crippen LogP contribution >= 0.6 is 0 Å². The van der Waals surface area contributed by atoms with Gasteiger partial charge < -0.3 is 47.6 Å². The number of rotatable bonds is 17. The number of nitrogens with two attached hydrogens (primary N) is 2. The first kappa shape index (κ1) is 35.2. The summed E-state index contributed by atoms with van der Waals surface area (Å²) >= 11 is 0. The summed E-state index contributed by atoms with van der Waals surface area (Å²) in [5.41, 5.74) is 11.2. The van der Waals surface area contributed by atoms with E-state index >= 15 is 0 Å². The fraction of sp³-hybridized carbons (Fsp3) is 0.720. The summed E-state index contributed by atoms with van der Waals surface area (Å²) in [6.45, 7) is 5.25. The van der Waals surface area contributed by atoms with Gasteiger partial charge in [-0.3, -0.25) is 28.8 Å². The van der Waals surface area contributed by atoms with Gasteiger partial charge in [-0.15, -0.1) is 0 Å². The van der Waals surface area contributed by atoms with Crippen molar-refractivity contribution in [1.29, 1.82) is 0 Å². The Hall–Kier alpha value is -3.79. The number of likely N-dealkylation sites (tertiary alicyclic amines) is 1. The lowest BCUT2D eigenvalue weighted by Crippen LogP contribution is -2.60. The number of nitrogens with one attached hydrogen (secondary N) is 3. The predicted octanol–water partition coefficient (Wildman–Crippen LogP) is -2.60. The van der Waals surface area contributed by atoms with Gasteiger partial charge in [0.2, 0.25) is 29.5 Å². The van der Waals surface area contributed by atoms with Gasteiger partial charge in [-0.1, -0.05) is 13.8 Å². The second-order valence-corrected chi connectivity index (χ2v) is 10.6. The zero-order valence-corrected chi connectivity index (χ0v) is 23.5. The molecule has 0 spiro atoms. The minimum absolute atomic E-state index is 0.146. The van der Waals surface area contributed by atoms with Crippen LogP contribution in [0.2, 0.25) is 0 Å². The molecular weight excluding hydrogens is 544 g/mol. The lowest BCUT2D eigenvalue weighted by Gasteiger charge is -2.29. The molecule has 0 aromatic rings. The van der Waals surface area contributed by atoms with Crippen LogP contribution in [0.4, 0.5) is 0 Å². The van der Waals surface area contributed by atoms with Crippen LogP contribution in [0, 0.1) is 5.92 Å². The van der Waals surface area contributed by atoms with Crippen molar-refractivity contribution in [2.24, 2.45) is 17.4 Å². The van der Waals surface area contributed by atoms with Crippen molar-refractivity contribution in [2.45, 2.75) is 102 Å². The maximum Gasteiger partial charge on any atom is 0.326 e. The highest BCUT2D eigenvalue weighted by Crippen LogP contribution is 2.20. The number of aliphatic hydroxyl groups excluding tert-OH is 1. The van der Waals surface area contributed by atoms with Crippen molar-refractivity contribution < 1.29 is 48.9 Å². The first-order valence-corrected chi connectivity index (χ1v) is 13.4. The molecule has 10 N–H and O–H groups in total. The molecule has 5 amide bonds. The van der Waals surface area contributed by atoms with Crippen LogP contribution in [0.5, 0.6) is 0 Å². The number of nitrogens with zero attached hydrogens (tertiary/aromatic N) is 1. The van der Waals surface area contributed by atoms with Gasteiger partial charge in [0, 0.05) is 19.4 Å². The average molecular weight is 587 g/mol. The highest BCUT2D eigenvalue weighted by atomic mass is 16.4. The van der Waals surface area contributed by atoms with E-state index in [1.165, 1.54) is 4.90 Å². The van der Waals surface area contributed by atoms with Gasteiger partial charge in [-0.2, -0.15) is 0 Å². The molecule has 0 aromatic carbocycles. The molecule has 1 saturated heterocycles. The predicted molar refractivity (Wildman–Crippen MR) is 143 cm³/mol. The molecule has 16 heteroatoms. The van der Waals surface area contributed by atoms with E-state index in [1.807, 2.05) is 13.8 Å². The van der Waals surface area contributed by atoms with Crippen LogP contribution in [-0.4, -0.2) is 105 Å². The summed E-state index contributed by atoms with van der Waals surface area (Å²) in [6, 6.07) is -6.46. The van der Waals surface area contributed by atoms with Gasteiger partial charge in [0.1, 0.15) is 24.2 Å². The number of carboxylic acids is 2. The van der Waals surface area contributed by atoms with Crippen LogP contribution < -0.4 is 27.4 Å². The van der Waals surface area contributed by atoms with Gasteiger partial charge in [-0.05, 0) is 44.9 Å². The molecule has 0 unspecified atom stereocenters. The Morgan fingerprint density at radius 2 is 1.51 bits per heavy atom. The van der Waals surface area contributed by atoms with Crippen molar-refractivity contribution in [3.63, 3.8) is 0 Å². The smallest absolute Gasteiger partial charge is 0.326 e. The Morgan fingerprint density at radius 1 is 0.902 bits per heavy atom. The van der Waals surface area contributed by atoms with Gasteiger partial charge in [0.25, 0.3) is 0 Å². The third kappa shape index (κ3) is 11.7. The molecule has 16 nitrogen and oxygen atoms in total. The van der Waals surface area contributed by atoms with Crippen LogP contribution in [0.15, 0.2) is 0 Å². The topological polar surface area (TPSA) is 272 Å². The summed E-state index contributed by atoms with van der Waals surface area (Å²) in [4.78, 5) is 87.0. The van der Waals surface area contributed by atoms with E-state index < -0.39 is 90.6 Å². The SMILES string of the molecule is CC(C)C[C@H](N)C(=O)N1CCC[C@H]1C(=O)N[C@@H](CCC(N)=O)C(=O)N[C@H](C(=O)N[C@@H](CCC(=O)O)C(=O)O)[C@@H](C)O. The summed E-state index contributed by atoms with van der Waals surface area (Å²) < 4.78 is 0. The van der Waals surface area contributed by atoms with Crippen molar-refractivity contribution >= 4 is 41.5 Å². The van der Waals surface area contributed by atoms with Gasteiger partial charge in [-0.25, -0.2) is 4.79 Å². The summed E-state index contributed by atoms with van der Waals surface area (Å²) in [6.07, 6.45) is -1.91. The number of aliphatic carboxylic acids is 2. The van der Waals surface area contributed by atoms with Gasteiger partial charge in [0.15, 0.2) is 0 Å². The average Bonchev–Trinajstić information content (AvgIpc) is 3.35. The largest absolute Gasteiger partial charge is 0.481 e. The number of primary amides is 1. The fourth-order valence-corrected chi connectivity index (χ4v) is 4.39. The number of carbonyl (C=O) groups is 7. The molecule has 0 saturated carbocycles. The molecule has 0 bridgehead atoms. The van der Waals surface area contributed by atoms with E-state index in [0.29, 0.717) is 19.3 Å². The Morgan fingerprint density at radius 3 is 2.02 bits per heavy atom. The minimum Gasteiger partial charge on any atom is -0.481 e. The molecule has 0 radical (unpaired) electrons. The van der Waals surface area contributed by atoms with Crippen LogP contribution in [0.1, 0.15) is 65.7 Å². The molecule has 1 heterocycles. The highest BCUT2D eigenvalue weighted by molar-refractivity contribution is 5.96. The molecule has 0 aromatic heterocycles. The number of carbonyl (C=O) groups excluding carboxylic acids is 5. The van der Waals surface area contributed by atoms with Crippen LogP contribution in [-0.2, 0) is 33.6 Å². The molecule has 41 heavy (non-hydrogen) atoms. The van der Waals surface area contributed by atoms with Crippen LogP contribution in [0.25, 0.3) is 0 Å². The van der Waals surface area contributed by atoms with E-state index in [0.717, 1.165) is 6.92 Å². The number of hydrogen-bond acceptors (Lipinski definition) is 9. The van der Waals surface area contributed by atoms with Crippen molar-refractivity contribution in [2.75, 3.05) is 6.54 Å². The third-order valence-electron chi connectivity index (χ3n) is 6.52. The monoisotopic (exact) mass is 586 g/mol. The van der Waals surface area contributed by atoms with E-state index in [1.54, 1.807) is 0 Å². The van der Waals surface area contributed by atoms with Crippen molar-refractivity contribution in [1.82, 2.24) is 20.9 Å². The molecule has 1 aliphatic rings. The lowest BCUT2D eigenvalue weighted by atomic mass is 10.0. The number of hydrogen-bond donors (Lipinski definition) is 8. The maximum absolute atomic E-state index is 13.2. The van der Waals surface area contributed by atoms with Gasteiger partial charge in [0.05, 0.1) is 12.1 Å². The van der Waals surface area contributed by atoms with Crippen molar-refractivity contribution in [3.8, 4) is 0 Å². The van der Waals surface area contributed by atoms with Crippen LogP contribution in [0.3, 0.4) is 0 Å². The number of amides is 5. The number of aliphatic hydroxyl groups is 1. The minimum atomic E-state index is -1.69. The molecule has 1 aliphatic heterocycles. The van der Waals surface area contributed by atoms with E-state index in [9.17, 15) is 43.8 Å². The molecule has 0 aliphatic carbocycles. The molecule has 1 rings (SSSR count). The molecule has 6 atom stereocenters. The third-order valence-corrected chi connectivity index (χ3v) is 6.52. The lowest BCUT2D eigenvalue weighted by molar-refractivity contribution is -0.144. The normalized spacial score (nSPS) is 18.5. The van der Waals surface area contributed by atoms with E-state index in [2.05, 4.69) is 16.0 Å². The first-order valence-electron chi connectivity index (χ1n) is 13.4. The first-order chi connectivity index (χ1) is 19.0. The molecule has 232 valence electrons. The Balaban J connectivity index is 3.05. The highest BCUT2D eigenvalue weighted by Gasteiger charge is 2.38. The van der Waals surface area contributed by atoms with Crippen molar-refractivity contribution in [3.05, 3.63) is 0 Å². The zero-order chi connectivity index (χ0) is 31.4. The van der Waals surface area contributed by atoms with E-state index in [4.69, 9.17) is 16.6 Å². The zero-order valence-electron chi connectivity index (χ0n) is 23.5. The quantitative estimate of drug-likeness (QED) is 0.0875. The maximum atomic E-state index is 13.2. The Bertz CT molecular complexity index is 988. The second-order valence-electron chi connectivity index (χ2n) is 10.6. The second kappa shape index (κ2) is 16.5. The standard InChI is InChI=1S/C25H42N6O10/c1-12(2)11-14(26)24(39)31-10-4-5-17(31)22(37)28-15(6-8-18(27)33)21(36)30-20(13(3)32)23(38)29-16(25(40)41)7-9-19(34)35/h12-17,20,32H,4-11,26H2,1-3H3,(H2,27,33)(H,28,37)(H,29,38)(H,30,36)(H,34,35)(H,40,41)/t13-,14+,15+,16+,17+,20+/m1/s1. The summed E-state index contributed by atoms with van der Waals surface area (Å²) in [5, 5.41) is 35.1. The molecular formula is C25H42N6O10. The Kier molecular flexibility index (Phi) is 14.2. The Labute approximate surface area is 237 Å².